The molecule has 2 rings (SSSR count). The summed E-state index contributed by atoms with van der Waals surface area (Å²) >= 11 is 0. The number of alkyl halides is 5. The fourth-order valence-electron chi connectivity index (χ4n) is 3.24. The molecule has 30 heavy (non-hydrogen) atoms. The number of piperidine rings is 1. The summed E-state index contributed by atoms with van der Waals surface area (Å²) in [5, 5.41) is 0. The lowest BCUT2D eigenvalue weighted by Crippen LogP contribution is -2.46. The average molecular weight is 458 g/mol. The van der Waals surface area contributed by atoms with Crippen molar-refractivity contribution in [3.05, 3.63) is 29.8 Å². The molecule has 1 aromatic rings. The van der Waals surface area contributed by atoms with E-state index in [0.29, 0.717) is 6.07 Å². The first-order valence-electron chi connectivity index (χ1n) is 9.20. The fourth-order valence-corrected chi connectivity index (χ4v) is 4.76. The number of hydrogen-bond acceptors (Lipinski definition) is 4. The van der Waals surface area contributed by atoms with E-state index in [1.165, 1.54) is 7.11 Å². The van der Waals surface area contributed by atoms with E-state index in [0.717, 1.165) is 27.4 Å². The Labute approximate surface area is 171 Å². The van der Waals surface area contributed by atoms with Gasteiger partial charge in [-0.1, -0.05) is 6.07 Å². The fraction of sp³-hybridized carbons (Fsp3) is 0.611. The zero-order chi connectivity index (χ0) is 22.5. The average Bonchev–Trinajstić information content (AvgIpc) is 2.70. The number of rotatable bonds is 8. The van der Waals surface area contributed by atoms with Crippen LogP contribution in [0.4, 0.5) is 22.0 Å². The van der Waals surface area contributed by atoms with E-state index in [-0.39, 0.29) is 39.1 Å². The van der Waals surface area contributed by atoms with Gasteiger partial charge in [0.25, 0.3) is 6.43 Å². The van der Waals surface area contributed by atoms with Gasteiger partial charge in [-0.25, -0.2) is 17.2 Å². The molecule has 0 spiro atoms. The second-order valence-corrected chi connectivity index (χ2v) is 8.81. The van der Waals surface area contributed by atoms with Gasteiger partial charge in [0.1, 0.15) is 0 Å². The van der Waals surface area contributed by atoms with Gasteiger partial charge in [-0.2, -0.15) is 17.5 Å². The van der Waals surface area contributed by atoms with Gasteiger partial charge in [0.05, 0.1) is 23.6 Å². The van der Waals surface area contributed by atoms with Crippen molar-refractivity contribution in [2.24, 2.45) is 5.92 Å². The Morgan fingerprint density at radius 2 is 1.90 bits per heavy atom. The van der Waals surface area contributed by atoms with Crippen LogP contribution >= 0.6 is 0 Å². The standard InChI is InChI=1S/C18H23F5N2O4S/c1-29-10-9-24(12-16(19)20)17(26)13-5-7-25(8-6-13)30(27,28)15-4-2-3-14(11-15)18(21,22)23/h2-4,11,13,16H,5-10,12H2,1H3. The van der Waals surface area contributed by atoms with Crippen molar-refractivity contribution in [3.63, 3.8) is 0 Å². The molecule has 1 heterocycles. The normalized spacial score (nSPS) is 16.8. The smallest absolute Gasteiger partial charge is 0.383 e. The summed E-state index contributed by atoms with van der Waals surface area (Å²) < 4.78 is 95.4. The molecule has 1 aliphatic heterocycles. The van der Waals surface area contributed by atoms with Crippen LogP contribution in [0.1, 0.15) is 18.4 Å². The van der Waals surface area contributed by atoms with Crippen molar-refractivity contribution in [1.29, 1.82) is 0 Å². The first-order chi connectivity index (χ1) is 14.0. The van der Waals surface area contributed by atoms with Gasteiger partial charge in [-0.15, -0.1) is 0 Å². The highest BCUT2D eigenvalue weighted by atomic mass is 32.2. The molecule has 6 nitrogen and oxygen atoms in total. The van der Waals surface area contributed by atoms with Gasteiger partial charge in [0, 0.05) is 32.7 Å². The van der Waals surface area contributed by atoms with Gasteiger partial charge in [0.2, 0.25) is 15.9 Å². The van der Waals surface area contributed by atoms with Crippen LogP contribution in [0.25, 0.3) is 0 Å². The Morgan fingerprint density at radius 3 is 2.43 bits per heavy atom. The first kappa shape index (κ1) is 24.5. The van der Waals surface area contributed by atoms with Crippen molar-refractivity contribution >= 4 is 15.9 Å². The third-order valence-corrected chi connectivity index (χ3v) is 6.73. The minimum atomic E-state index is -4.68. The molecule has 0 N–H and O–H groups in total. The number of methoxy groups -OCH3 is 1. The lowest BCUT2D eigenvalue weighted by atomic mass is 9.96. The van der Waals surface area contributed by atoms with Crippen LogP contribution in [-0.4, -0.2) is 69.9 Å². The number of hydrogen-bond donors (Lipinski definition) is 0. The Balaban J connectivity index is 2.07. The van der Waals surface area contributed by atoms with Crippen molar-refractivity contribution in [3.8, 4) is 0 Å². The summed E-state index contributed by atoms with van der Waals surface area (Å²) in [4.78, 5) is 13.1. The van der Waals surface area contributed by atoms with E-state index in [1.54, 1.807) is 0 Å². The first-order valence-corrected chi connectivity index (χ1v) is 10.6. The molecule has 0 radical (unpaired) electrons. The largest absolute Gasteiger partial charge is 0.416 e. The lowest BCUT2D eigenvalue weighted by Gasteiger charge is -2.33. The Hall–Kier alpha value is -1.79. The summed E-state index contributed by atoms with van der Waals surface area (Å²) in [5.74, 6) is -1.16. The maximum Gasteiger partial charge on any atom is 0.416 e. The maximum atomic E-state index is 12.9. The number of ether oxygens (including phenoxy) is 1. The number of sulfonamides is 1. The number of amides is 1. The van der Waals surface area contributed by atoms with Crippen molar-refractivity contribution < 1.29 is 39.9 Å². The van der Waals surface area contributed by atoms with E-state index >= 15 is 0 Å². The maximum absolute atomic E-state index is 12.9. The van der Waals surface area contributed by atoms with Crippen molar-refractivity contribution in [2.45, 2.75) is 30.3 Å². The topological polar surface area (TPSA) is 66.9 Å². The van der Waals surface area contributed by atoms with Crippen molar-refractivity contribution in [2.75, 3.05) is 39.9 Å². The van der Waals surface area contributed by atoms with Gasteiger partial charge < -0.3 is 9.64 Å². The number of nitrogens with zero attached hydrogens (tertiary/aromatic N) is 2. The molecule has 0 unspecified atom stereocenters. The lowest BCUT2D eigenvalue weighted by molar-refractivity contribution is -0.139. The monoisotopic (exact) mass is 458 g/mol. The molecule has 170 valence electrons. The van der Waals surface area contributed by atoms with Gasteiger partial charge >= 0.3 is 6.18 Å². The van der Waals surface area contributed by atoms with Crippen LogP contribution < -0.4 is 0 Å². The van der Waals surface area contributed by atoms with Crippen LogP contribution in [0.3, 0.4) is 0 Å². The highest BCUT2D eigenvalue weighted by molar-refractivity contribution is 7.89. The Bertz CT molecular complexity index is 824. The van der Waals surface area contributed by atoms with Crippen LogP contribution in [0.2, 0.25) is 0 Å². The van der Waals surface area contributed by atoms with Crippen LogP contribution in [0.15, 0.2) is 29.2 Å². The SMILES string of the molecule is COCCN(CC(F)F)C(=O)C1CCN(S(=O)(=O)c2cccc(C(F)(F)F)c2)CC1. The highest BCUT2D eigenvalue weighted by Crippen LogP contribution is 2.32. The van der Waals surface area contributed by atoms with E-state index < -0.39 is 51.5 Å². The minimum Gasteiger partial charge on any atom is -0.383 e. The molecule has 1 fully saturated rings. The number of carbonyl (C=O) groups is 1. The summed E-state index contributed by atoms with van der Waals surface area (Å²) in [6.45, 7) is -0.863. The molecule has 12 heteroatoms. The summed E-state index contributed by atoms with van der Waals surface area (Å²) in [7, 11) is -2.80. The predicted molar refractivity (Wildman–Crippen MR) is 97.4 cm³/mol. The molecule has 1 saturated heterocycles. The molecule has 0 aliphatic carbocycles. The molecule has 0 atom stereocenters. The third kappa shape index (κ3) is 6.11. The summed E-state index contributed by atoms with van der Waals surface area (Å²) in [6.07, 6.45) is -7.22. The molecule has 1 aromatic carbocycles. The molecule has 1 amide bonds. The van der Waals surface area contributed by atoms with Crippen LogP contribution in [0.5, 0.6) is 0 Å². The number of benzene rings is 1. The Morgan fingerprint density at radius 1 is 1.27 bits per heavy atom. The Kier molecular flexibility index (Phi) is 8.17. The number of carbonyl (C=O) groups excluding carboxylic acids is 1. The van der Waals surface area contributed by atoms with Crippen LogP contribution in [-0.2, 0) is 25.7 Å². The molecule has 0 bridgehead atoms. The van der Waals surface area contributed by atoms with Crippen molar-refractivity contribution in [1.82, 2.24) is 9.21 Å². The summed E-state index contributed by atoms with van der Waals surface area (Å²) in [6, 6.07) is 3.45. The second-order valence-electron chi connectivity index (χ2n) is 6.87. The molecule has 0 aromatic heterocycles. The van der Waals surface area contributed by atoms with Gasteiger partial charge in [-0.3, -0.25) is 4.79 Å². The molecular formula is C18H23F5N2O4S. The van der Waals surface area contributed by atoms with E-state index in [4.69, 9.17) is 4.74 Å². The van der Waals surface area contributed by atoms with Gasteiger partial charge in [-0.05, 0) is 31.0 Å². The van der Waals surface area contributed by atoms with Gasteiger partial charge in [0.15, 0.2) is 0 Å². The highest BCUT2D eigenvalue weighted by Gasteiger charge is 2.36. The quantitative estimate of drug-likeness (QED) is 0.562. The molecule has 0 saturated carbocycles. The second kappa shape index (κ2) is 10.0. The molecular weight excluding hydrogens is 435 g/mol. The van der Waals surface area contributed by atoms with E-state index in [1.807, 2.05) is 0 Å². The minimum absolute atomic E-state index is 0.0115. The summed E-state index contributed by atoms with van der Waals surface area (Å²) in [5.41, 5.74) is -1.07. The third-order valence-electron chi connectivity index (χ3n) is 4.84. The zero-order valence-corrected chi connectivity index (χ0v) is 17.1. The molecule has 1 aliphatic rings. The van der Waals surface area contributed by atoms with E-state index in [2.05, 4.69) is 0 Å². The van der Waals surface area contributed by atoms with E-state index in [9.17, 15) is 35.2 Å². The number of halogens is 5. The predicted octanol–water partition coefficient (Wildman–Crippen LogP) is 2.85. The zero-order valence-electron chi connectivity index (χ0n) is 16.2. The van der Waals surface area contributed by atoms with Crippen LogP contribution in [0, 0.1) is 5.92 Å².